The standard InChI is InChI=1S/C16H18F3N3.ClH/c1-10-7-11(9-20-8-10)22-14-5-4-13(16(17,18)19)15-12(14)3-2-6-21-15;/h2-6,10-11,20,22H,7-9H2,1H3;1H/t10-,11+;/m0./s1. The third-order valence-electron chi connectivity index (χ3n) is 4.01. The largest absolute Gasteiger partial charge is 0.418 e. The van der Waals surface area contributed by atoms with Crippen molar-refractivity contribution in [1.29, 1.82) is 0 Å². The molecule has 1 aromatic carbocycles. The van der Waals surface area contributed by atoms with Crippen LogP contribution in [0.1, 0.15) is 18.9 Å². The average Bonchev–Trinajstić information content (AvgIpc) is 2.46. The Morgan fingerprint density at radius 2 is 2.00 bits per heavy atom. The van der Waals surface area contributed by atoms with Gasteiger partial charge in [-0.15, -0.1) is 12.4 Å². The molecule has 126 valence electrons. The van der Waals surface area contributed by atoms with Crippen molar-refractivity contribution >= 4 is 29.0 Å². The number of benzene rings is 1. The van der Waals surface area contributed by atoms with Crippen LogP contribution in [0.25, 0.3) is 10.9 Å². The van der Waals surface area contributed by atoms with Crippen LogP contribution in [0.2, 0.25) is 0 Å². The molecule has 1 fully saturated rings. The van der Waals surface area contributed by atoms with Crippen LogP contribution >= 0.6 is 12.4 Å². The van der Waals surface area contributed by atoms with Gasteiger partial charge in [0.15, 0.2) is 0 Å². The Morgan fingerprint density at radius 1 is 1.22 bits per heavy atom. The van der Waals surface area contributed by atoms with Crippen molar-refractivity contribution in [1.82, 2.24) is 10.3 Å². The van der Waals surface area contributed by atoms with Gasteiger partial charge >= 0.3 is 6.18 Å². The summed E-state index contributed by atoms with van der Waals surface area (Å²) >= 11 is 0. The lowest BCUT2D eigenvalue weighted by Crippen LogP contribution is -2.42. The van der Waals surface area contributed by atoms with Crippen LogP contribution in [0.15, 0.2) is 30.5 Å². The minimum atomic E-state index is -4.40. The molecule has 0 bridgehead atoms. The number of rotatable bonds is 2. The normalized spacial score (nSPS) is 21.7. The quantitative estimate of drug-likeness (QED) is 0.861. The number of aromatic nitrogens is 1. The molecule has 0 spiro atoms. The maximum atomic E-state index is 13.1. The molecule has 1 aliphatic rings. The molecule has 3 rings (SSSR count). The predicted molar refractivity (Wildman–Crippen MR) is 88.1 cm³/mol. The minimum Gasteiger partial charge on any atom is -0.380 e. The number of halogens is 4. The van der Waals surface area contributed by atoms with E-state index in [2.05, 4.69) is 22.5 Å². The molecule has 3 nitrogen and oxygen atoms in total. The van der Waals surface area contributed by atoms with Gasteiger partial charge in [-0.2, -0.15) is 13.2 Å². The molecule has 7 heteroatoms. The SMILES string of the molecule is C[C@@H]1CNC[C@H](Nc2ccc(C(F)(F)F)c3ncccc23)C1.Cl. The van der Waals surface area contributed by atoms with Crippen LogP contribution in [0.5, 0.6) is 0 Å². The second-order valence-corrected chi connectivity index (χ2v) is 5.90. The zero-order chi connectivity index (χ0) is 15.7. The Labute approximate surface area is 139 Å². The van der Waals surface area contributed by atoms with Gasteiger partial charge in [0.25, 0.3) is 0 Å². The Morgan fingerprint density at radius 3 is 2.70 bits per heavy atom. The van der Waals surface area contributed by atoms with Gasteiger partial charge in [-0.05, 0) is 43.1 Å². The fourth-order valence-electron chi connectivity index (χ4n) is 3.01. The molecule has 0 saturated carbocycles. The molecular weight excluding hydrogens is 327 g/mol. The molecule has 0 radical (unpaired) electrons. The number of nitrogens with one attached hydrogen (secondary N) is 2. The molecule has 0 unspecified atom stereocenters. The van der Waals surface area contributed by atoms with Crippen LogP contribution in [-0.2, 0) is 6.18 Å². The van der Waals surface area contributed by atoms with Crippen molar-refractivity contribution in [3.05, 3.63) is 36.0 Å². The number of hydrogen-bond acceptors (Lipinski definition) is 3. The van der Waals surface area contributed by atoms with Crippen LogP contribution < -0.4 is 10.6 Å². The third kappa shape index (κ3) is 3.87. The summed E-state index contributed by atoms with van der Waals surface area (Å²) in [6.07, 6.45) is -2.01. The summed E-state index contributed by atoms with van der Waals surface area (Å²) in [4.78, 5) is 3.94. The first-order valence-corrected chi connectivity index (χ1v) is 7.37. The lowest BCUT2D eigenvalue weighted by molar-refractivity contribution is -0.136. The number of alkyl halides is 3. The summed E-state index contributed by atoms with van der Waals surface area (Å²) < 4.78 is 39.3. The summed E-state index contributed by atoms with van der Waals surface area (Å²) in [6, 6.07) is 6.17. The Bertz CT molecular complexity index is 675. The highest BCUT2D eigenvalue weighted by molar-refractivity contribution is 5.93. The number of hydrogen-bond donors (Lipinski definition) is 2. The van der Waals surface area contributed by atoms with Gasteiger partial charge in [-0.1, -0.05) is 6.92 Å². The molecule has 2 atom stereocenters. The molecular formula is C16H19ClF3N3. The molecule has 0 aliphatic carbocycles. The predicted octanol–water partition coefficient (Wildman–Crippen LogP) is 4.09. The summed E-state index contributed by atoms with van der Waals surface area (Å²) in [5, 5.41) is 7.20. The smallest absolute Gasteiger partial charge is 0.380 e. The lowest BCUT2D eigenvalue weighted by Gasteiger charge is -2.29. The summed E-state index contributed by atoms with van der Waals surface area (Å²) in [6.45, 7) is 3.95. The van der Waals surface area contributed by atoms with E-state index in [-0.39, 0.29) is 24.0 Å². The van der Waals surface area contributed by atoms with Crippen molar-refractivity contribution in [2.24, 2.45) is 5.92 Å². The van der Waals surface area contributed by atoms with Gasteiger partial charge in [0.2, 0.25) is 0 Å². The van der Waals surface area contributed by atoms with Crippen LogP contribution in [-0.4, -0.2) is 24.1 Å². The van der Waals surface area contributed by atoms with E-state index < -0.39 is 11.7 Å². The molecule has 2 heterocycles. The highest BCUT2D eigenvalue weighted by Gasteiger charge is 2.33. The topological polar surface area (TPSA) is 37.0 Å². The summed E-state index contributed by atoms with van der Waals surface area (Å²) in [5.74, 6) is 0.546. The number of pyridine rings is 1. The summed E-state index contributed by atoms with van der Waals surface area (Å²) in [5.41, 5.74) is 0.0117. The molecule has 23 heavy (non-hydrogen) atoms. The third-order valence-corrected chi connectivity index (χ3v) is 4.01. The van der Waals surface area contributed by atoms with Crippen LogP contribution in [0, 0.1) is 5.92 Å². The Balaban J connectivity index is 0.00000192. The monoisotopic (exact) mass is 345 g/mol. The van der Waals surface area contributed by atoms with E-state index in [9.17, 15) is 13.2 Å². The summed E-state index contributed by atoms with van der Waals surface area (Å²) in [7, 11) is 0. The molecule has 1 saturated heterocycles. The number of nitrogens with zero attached hydrogens (tertiary/aromatic N) is 1. The fraction of sp³-hybridized carbons (Fsp3) is 0.438. The maximum Gasteiger partial charge on any atom is 0.418 e. The van der Waals surface area contributed by atoms with E-state index in [0.29, 0.717) is 17.0 Å². The maximum absolute atomic E-state index is 13.1. The molecule has 1 aliphatic heterocycles. The van der Waals surface area contributed by atoms with Gasteiger partial charge < -0.3 is 10.6 Å². The van der Waals surface area contributed by atoms with E-state index in [1.54, 1.807) is 12.1 Å². The van der Waals surface area contributed by atoms with Crippen molar-refractivity contribution < 1.29 is 13.2 Å². The van der Waals surface area contributed by atoms with Crippen LogP contribution in [0.4, 0.5) is 18.9 Å². The zero-order valence-corrected chi connectivity index (χ0v) is 13.5. The van der Waals surface area contributed by atoms with Crippen molar-refractivity contribution in [2.75, 3.05) is 18.4 Å². The second-order valence-electron chi connectivity index (χ2n) is 5.90. The molecule has 2 aromatic rings. The Hall–Kier alpha value is -1.53. The van der Waals surface area contributed by atoms with E-state index in [0.717, 1.165) is 25.6 Å². The first-order chi connectivity index (χ1) is 10.4. The van der Waals surface area contributed by atoms with E-state index >= 15 is 0 Å². The van der Waals surface area contributed by atoms with E-state index in [4.69, 9.17) is 0 Å². The van der Waals surface area contributed by atoms with Crippen molar-refractivity contribution in [3.63, 3.8) is 0 Å². The molecule has 0 amide bonds. The number of fused-ring (bicyclic) bond motifs is 1. The van der Waals surface area contributed by atoms with E-state index in [1.807, 2.05) is 0 Å². The Kier molecular flexibility index (Phi) is 5.37. The second kappa shape index (κ2) is 6.93. The highest BCUT2D eigenvalue weighted by Crippen LogP contribution is 2.36. The van der Waals surface area contributed by atoms with Gasteiger partial charge in [-0.3, -0.25) is 4.98 Å². The first kappa shape index (κ1) is 17.8. The van der Waals surface area contributed by atoms with E-state index in [1.165, 1.54) is 12.3 Å². The van der Waals surface area contributed by atoms with Crippen molar-refractivity contribution in [3.8, 4) is 0 Å². The van der Waals surface area contributed by atoms with Gasteiger partial charge in [0.1, 0.15) is 0 Å². The van der Waals surface area contributed by atoms with Gasteiger partial charge in [0.05, 0.1) is 11.1 Å². The average molecular weight is 346 g/mol. The highest BCUT2D eigenvalue weighted by atomic mass is 35.5. The molecule has 2 N–H and O–H groups in total. The van der Waals surface area contributed by atoms with Crippen LogP contribution in [0.3, 0.4) is 0 Å². The van der Waals surface area contributed by atoms with Gasteiger partial charge in [-0.25, -0.2) is 0 Å². The minimum absolute atomic E-state index is 0. The molecule has 1 aromatic heterocycles. The van der Waals surface area contributed by atoms with Crippen molar-refractivity contribution in [2.45, 2.75) is 25.6 Å². The fourth-order valence-corrected chi connectivity index (χ4v) is 3.01. The number of piperidine rings is 1. The zero-order valence-electron chi connectivity index (χ0n) is 12.7. The number of anilines is 1. The van der Waals surface area contributed by atoms with Gasteiger partial charge in [0, 0.05) is 29.9 Å². The lowest BCUT2D eigenvalue weighted by atomic mass is 9.97. The first-order valence-electron chi connectivity index (χ1n) is 7.37.